The normalized spacial score (nSPS) is 10.6. The average Bonchev–Trinajstić information content (AvgIpc) is 3.43. The van der Waals surface area contributed by atoms with Crippen LogP contribution < -0.4 is 14.8 Å². The summed E-state index contributed by atoms with van der Waals surface area (Å²) in [5.74, 6) is 1.23. The van der Waals surface area contributed by atoms with Crippen molar-refractivity contribution in [2.45, 2.75) is 32.7 Å². The lowest BCUT2D eigenvalue weighted by atomic mass is 10.1. The quantitative estimate of drug-likeness (QED) is 0.250. The number of hydrogen-bond acceptors (Lipinski definition) is 5. The van der Waals surface area contributed by atoms with Crippen molar-refractivity contribution in [1.82, 2.24) is 9.80 Å². The minimum absolute atomic E-state index is 0.00753. The second kappa shape index (κ2) is 14.6. The molecule has 3 aromatic rings. The van der Waals surface area contributed by atoms with Gasteiger partial charge >= 0.3 is 6.03 Å². The van der Waals surface area contributed by atoms with E-state index >= 15 is 0 Å². The number of thiophene rings is 1. The van der Waals surface area contributed by atoms with Gasteiger partial charge in [-0.25, -0.2) is 4.79 Å². The van der Waals surface area contributed by atoms with Crippen molar-refractivity contribution in [2.24, 2.45) is 0 Å². The molecular formula is C28H34BrN3O4S. The fraction of sp³-hybridized carbons (Fsp3) is 0.357. The highest BCUT2D eigenvalue weighted by Gasteiger charge is 2.22. The summed E-state index contributed by atoms with van der Waals surface area (Å²) < 4.78 is 11.6. The zero-order valence-electron chi connectivity index (χ0n) is 21.5. The molecule has 3 rings (SSSR count). The first-order valence-electron chi connectivity index (χ1n) is 12.3. The number of carbonyl (C=O) groups excluding carboxylic acids is 2. The summed E-state index contributed by atoms with van der Waals surface area (Å²) in [4.78, 5) is 31.2. The number of rotatable bonds is 13. The first-order valence-corrected chi connectivity index (χ1v) is 13.9. The molecule has 0 unspecified atom stereocenters. The van der Waals surface area contributed by atoms with Crippen molar-refractivity contribution in [3.8, 4) is 11.5 Å². The van der Waals surface area contributed by atoms with Gasteiger partial charge in [-0.05, 0) is 70.0 Å². The number of unbranched alkanes of at least 4 members (excludes halogenated alkanes) is 1. The van der Waals surface area contributed by atoms with Gasteiger partial charge in [-0.15, -0.1) is 11.3 Å². The second-order valence-corrected chi connectivity index (χ2v) is 10.4. The van der Waals surface area contributed by atoms with Crippen molar-refractivity contribution < 1.29 is 19.1 Å². The van der Waals surface area contributed by atoms with Crippen LogP contribution in [0.25, 0.3) is 0 Å². The predicted octanol–water partition coefficient (Wildman–Crippen LogP) is 6.43. The van der Waals surface area contributed by atoms with Gasteiger partial charge in [0.15, 0.2) is 11.5 Å². The molecule has 0 atom stereocenters. The van der Waals surface area contributed by atoms with Crippen LogP contribution in [0, 0.1) is 0 Å². The van der Waals surface area contributed by atoms with E-state index in [1.54, 1.807) is 30.5 Å². The Morgan fingerprint density at radius 1 is 0.973 bits per heavy atom. The number of amides is 3. The van der Waals surface area contributed by atoms with Crippen molar-refractivity contribution >= 4 is 44.9 Å². The van der Waals surface area contributed by atoms with Crippen LogP contribution >= 0.6 is 27.3 Å². The Kier molecular flexibility index (Phi) is 11.3. The van der Waals surface area contributed by atoms with Crippen LogP contribution in [0.15, 0.2) is 64.5 Å². The third-order valence-electron chi connectivity index (χ3n) is 5.91. The molecule has 0 radical (unpaired) electrons. The van der Waals surface area contributed by atoms with E-state index in [0.29, 0.717) is 43.2 Å². The predicted molar refractivity (Wildman–Crippen MR) is 153 cm³/mol. The molecule has 3 amide bonds. The zero-order valence-corrected chi connectivity index (χ0v) is 23.9. The van der Waals surface area contributed by atoms with Gasteiger partial charge in [0.05, 0.1) is 26.5 Å². The number of urea groups is 1. The van der Waals surface area contributed by atoms with E-state index in [1.807, 2.05) is 64.9 Å². The molecule has 1 N–H and O–H groups in total. The van der Waals surface area contributed by atoms with Gasteiger partial charge in [0, 0.05) is 22.4 Å². The van der Waals surface area contributed by atoms with Crippen LogP contribution in [0.5, 0.6) is 11.5 Å². The van der Waals surface area contributed by atoms with Crippen LogP contribution in [0.3, 0.4) is 0 Å². The van der Waals surface area contributed by atoms with Gasteiger partial charge in [0.25, 0.3) is 0 Å². The summed E-state index contributed by atoms with van der Waals surface area (Å²) >= 11 is 5.09. The molecule has 0 saturated carbocycles. The Bertz CT molecular complexity index is 1160. The van der Waals surface area contributed by atoms with E-state index in [2.05, 4.69) is 28.2 Å². The highest BCUT2D eigenvalue weighted by atomic mass is 79.9. The van der Waals surface area contributed by atoms with Gasteiger partial charge < -0.3 is 24.6 Å². The van der Waals surface area contributed by atoms with E-state index in [0.717, 1.165) is 27.8 Å². The summed E-state index contributed by atoms with van der Waals surface area (Å²) in [7, 11) is 3.22. The third-order valence-corrected chi connectivity index (χ3v) is 7.46. The fourth-order valence-electron chi connectivity index (χ4n) is 3.80. The molecular weight excluding hydrogens is 554 g/mol. The smallest absolute Gasteiger partial charge is 0.322 e. The molecule has 0 fully saturated rings. The SMILES string of the molecule is CCCCN(CC(=O)N(CCc1ccc(OC)c(OC)c1)Cc1cccs1)C(=O)Nc1ccccc1Br. The van der Waals surface area contributed by atoms with Gasteiger partial charge in [-0.3, -0.25) is 4.79 Å². The molecule has 7 nitrogen and oxygen atoms in total. The maximum Gasteiger partial charge on any atom is 0.322 e. The molecule has 0 bridgehead atoms. The number of methoxy groups -OCH3 is 2. The first-order chi connectivity index (χ1) is 17.9. The number of nitrogens with one attached hydrogen (secondary N) is 1. The molecule has 0 saturated heterocycles. The van der Waals surface area contributed by atoms with Crippen LogP contribution in [0.2, 0.25) is 0 Å². The number of para-hydroxylation sites is 1. The van der Waals surface area contributed by atoms with Gasteiger partial charge in [-0.1, -0.05) is 37.6 Å². The third kappa shape index (κ3) is 8.50. The summed E-state index contributed by atoms with van der Waals surface area (Å²) in [5, 5.41) is 4.94. The Hall–Kier alpha value is -3.04. The summed E-state index contributed by atoms with van der Waals surface area (Å²) in [6.07, 6.45) is 2.38. The van der Waals surface area contributed by atoms with Gasteiger partial charge in [-0.2, -0.15) is 0 Å². The summed E-state index contributed by atoms with van der Waals surface area (Å²) in [6, 6.07) is 17.0. The van der Waals surface area contributed by atoms with Crippen molar-refractivity contribution in [2.75, 3.05) is 39.2 Å². The molecule has 1 heterocycles. The summed E-state index contributed by atoms with van der Waals surface area (Å²) in [6.45, 7) is 3.59. The monoisotopic (exact) mass is 587 g/mol. The maximum atomic E-state index is 13.6. The van der Waals surface area contributed by atoms with E-state index in [-0.39, 0.29) is 18.5 Å². The minimum Gasteiger partial charge on any atom is -0.493 e. The number of nitrogens with zero attached hydrogens (tertiary/aromatic N) is 2. The number of carbonyl (C=O) groups is 2. The first kappa shape index (κ1) is 28.5. The molecule has 198 valence electrons. The van der Waals surface area contributed by atoms with Crippen LogP contribution in [0.4, 0.5) is 10.5 Å². The maximum absolute atomic E-state index is 13.6. The van der Waals surface area contributed by atoms with Crippen molar-refractivity contribution in [3.05, 3.63) is 74.9 Å². The van der Waals surface area contributed by atoms with Crippen LogP contribution in [-0.2, 0) is 17.8 Å². The number of hydrogen-bond donors (Lipinski definition) is 1. The lowest BCUT2D eigenvalue weighted by molar-refractivity contribution is -0.132. The second-order valence-electron chi connectivity index (χ2n) is 8.52. The zero-order chi connectivity index (χ0) is 26.6. The van der Waals surface area contributed by atoms with E-state index < -0.39 is 0 Å². The molecule has 0 spiro atoms. The highest BCUT2D eigenvalue weighted by Crippen LogP contribution is 2.28. The van der Waals surface area contributed by atoms with Crippen LogP contribution in [-0.4, -0.2) is 55.6 Å². The Morgan fingerprint density at radius 3 is 2.43 bits per heavy atom. The molecule has 9 heteroatoms. The Morgan fingerprint density at radius 2 is 1.76 bits per heavy atom. The number of benzene rings is 2. The minimum atomic E-state index is -0.287. The fourth-order valence-corrected chi connectivity index (χ4v) is 4.91. The molecule has 0 aliphatic heterocycles. The number of halogens is 1. The Balaban J connectivity index is 1.74. The molecule has 2 aromatic carbocycles. The lowest BCUT2D eigenvalue weighted by Crippen LogP contribution is -2.45. The van der Waals surface area contributed by atoms with Crippen molar-refractivity contribution in [1.29, 1.82) is 0 Å². The van der Waals surface area contributed by atoms with E-state index in [9.17, 15) is 9.59 Å². The number of ether oxygens (including phenoxy) is 2. The lowest BCUT2D eigenvalue weighted by Gasteiger charge is -2.28. The van der Waals surface area contributed by atoms with Crippen molar-refractivity contribution in [3.63, 3.8) is 0 Å². The highest BCUT2D eigenvalue weighted by molar-refractivity contribution is 9.10. The standard InChI is InChI=1S/C28H34BrN3O4S/c1-4-5-15-32(28(34)30-24-11-7-6-10-23(24)29)20-27(33)31(19-22-9-8-17-37-22)16-14-21-12-13-25(35-2)26(18-21)36-3/h6-13,17-18H,4-5,14-16,19-20H2,1-3H3,(H,30,34). The van der Waals surface area contributed by atoms with E-state index in [1.165, 1.54) is 0 Å². The Labute approximate surface area is 231 Å². The van der Waals surface area contributed by atoms with Gasteiger partial charge in [0.2, 0.25) is 5.91 Å². The van der Waals surface area contributed by atoms with Gasteiger partial charge in [0.1, 0.15) is 6.54 Å². The summed E-state index contributed by atoms with van der Waals surface area (Å²) in [5.41, 5.74) is 1.71. The average molecular weight is 589 g/mol. The number of anilines is 1. The molecule has 0 aliphatic rings. The molecule has 0 aliphatic carbocycles. The largest absolute Gasteiger partial charge is 0.493 e. The topological polar surface area (TPSA) is 71.1 Å². The van der Waals surface area contributed by atoms with E-state index in [4.69, 9.17) is 9.47 Å². The molecule has 1 aromatic heterocycles. The molecule has 37 heavy (non-hydrogen) atoms. The van der Waals surface area contributed by atoms with Crippen LogP contribution in [0.1, 0.15) is 30.2 Å².